The second-order valence-electron chi connectivity index (χ2n) is 37.4. The van der Waals surface area contributed by atoms with Crippen molar-refractivity contribution in [3.63, 3.8) is 0 Å². The number of aromatic amines is 3. The Morgan fingerprint density at radius 1 is 0.364 bits per heavy atom. The summed E-state index contributed by atoms with van der Waals surface area (Å²) in [5.74, 6) is 2.84. The molecule has 0 bridgehead atoms. The number of aryl methyl sites for hydroxylation is 2. The van der Waals surface area contributed by atoms with E-state index in [1.165, 1.54) is 46.1 Å². The summed E-state index contributed by atoms with van der Waals surface area (Å²) in [6, 6.07) is 0. The van der Waals surface area contributed by atoms with Gasteiger partial charge in [-0.25, -0.2) is 34.9 Å². The van der Waals surface area contributed by atoms with Crippen LogP contribution in [0.5, 0.6) is 11.8 Å². The van der Waals surface area contributed by atoms with Gasteiger partial charge in [-0.05, 0) is 170 Å². The Bertz CT molecular complexity index is 6030. The van der Waals surface area contributed by atoms with Gasteiger partial charge in [0.05, 0.1) is 75.9 Å². The van der Waals surface area contributed by atoms with Gasteiger partial charge in [0.25, 0.3) is 16.7 Å². The highest BCUT2D eigenvalue weighted by molar-refractivity contribution is 7.73. The third-order valence-corrected chi connectivity index (χ3v) is 30.0. The van der Waals surface area contributed by atoms with E-state index >= 15 is 0 Å². The molecule has 15 rings (SSSR count). The lowest BCUT2D eigenvalue weighted by Gasteiger charge is -2.18. The van der Waals surface area contributed by atoms with E-state index in [4.69, 9.17) is 33.2 Å². The predicted octanol–water partition coefficient (Wildman–Crippen LogP) is 4.09. The zero-order chi connectivity index (χ0) is 96.7. The van der Waals surface area contributed by atoms with Gasteiger partial charge < -0.3 is 100 Å². The molecule has 20 atom stereocenters. The van der Waals surface area contributed by atoms with Gasteiger partial charge in [-0.3, -0.25) is 52.2 Å². The molecule has 15 heterocycles. The number of nitrogens with one attached hydrogen (secondary N) is 6. The normalized spacial score (nSPS) is 26.3. The highest BCUT2D eigenvalue weighted by atomic mass is 31.2. The zero-order valence-electron chi connectivity index (χ0n) is 78.4. The van der Waals surface area contributed by atoms with Gasteiger partial charge in [-0.2, -0.15) is 24.9 Å². The van der Waals surface area contributed by atoms with Gasteiger partial charge in [-0.1, -0.05) is 20.3 Å². The van der Waals surface area contributed by atoms with Gasteiger partial charge >= 0.3 is 0 Å². The number of unbranched alkanes of at least 4 members (excludes halogenated alkanes) is 1. The number of aromatic nitrogens is 20. The number of hydrogen-bond donors (Lipinski definition) is 16. The van der Waals surface area contributed by atoms with E-state index < -0.39 is 157 Å². The molecule has 0 aromatic carbocycles. The topological polar surface area (TPSA) is 581 Å². The average Bonchev–Trinajstić information content (AvgIpc) is 1.64. The van der Waals surface area contributed by atoms with Crippen LogP contribution in [0.3, 0.4) is 0 Å². The lowest BCUT2D eigenvalue weighted by Crippen LogP contribution is -2.32. The van der Waals surface area contributed by atoms with Gasteiger partial charge in [0.15, 0.2) is 87.0 Å². The summed E-state index contributed by atoms with van der Waals surface area (Å²) in [5.41, 5.74) is 2.31. The smallest absolute Gasteiger partial charge is 0.280 e. The first kappa shape index (κ1) is 105. The maximum Gasteiger partial charge on any atom is 0.280 e. The van der Waals surface area contributed by atoms with E-state index in [-0.39, 0.29) is 33.2 Å². The first-order valence-corrected chi connectivity index (χ1v) is 59.5. The number of imidazole rings is 5. The Morgan fingerprint density at radius 2 is 0.621 bits per heavy atom. The summed E-state index contributed by atoms with van der Waals surface area (Å²) in [6.07, 6.45) is 21.6. The van der Waals surface area contributed by atoms with Gasteiger partial charge in [0.2, 0.25) is 29.6 Å². The molecular weight excluding hydrogens is 1810 g/mol. The van der Waals surface area contributed by atoms with E-state index in [2.05, 4.69) is 196 Å². The van der Waals surface area contributed by atoms with Crippen molar-refractivity contribution in [2.75, 3.05) is 147 Å². The van der Waals surface area contributed by atoms with Crippen LogP contribution in [-0.4, -0.2) is 403 Å². The van der Waals surface area contributed by atoms with E-state index in [9.17, 15) is 65.4 Å². The summed E-state index contributed by atoms with van der Waals surface area (Å²) < 4.78 is 48.3. The molecule has 10 aromatic rings. The number of methoxy groups -OCH3 is 1. The average molecular weight is 1940 g/mol. The van der Waals surface area contributed by atoms with Crippen LogP contribution < -0.4 is 42.1 Å². The van der Waals surface area contributed by atoms with Crippen molar-refractivity contribution in [1.82, 2.24) is 97.6 Å². The predicted molar refractivity (Wildman–Crippen MR) is 525 cm³/mol. The first-order chi connectivity index (χ1) is 62.0. The van der Waals surface area contributed by atoms with Crippen molar-refractivity contribution in [2.24, 2.45) is 0 Å². The van der Waals surface area contributed by atoms with Crippen LogP contribution >= 0.6 is 34.4 Å². The number of nitrogens with zero attached hydrogens (tertiary/aromatic N) is 17. The van der Waals surface area contributed by atoms with E-state index in [1.807, 2.05) is 20.8 Å². The molecule has 732 valence electrons. The SMILES string of the molecule is C=P(C)(C)CC[C@H]1OC(n2cnc3c(=O)[nH]c(NCC)nc32)[C@H](O)[C@@H]1O.C=P(C)(C)CC[C@H]1OC(n2cnc3c(=O)[nH]c(NCCC)nc32)[C@H](O)[C@@H]1O.C=P(C)(C)CC[C@H]1OC(n2cnc3c(=O)[nH]c(NCCCC)nc32)[C@H](O)[C@@H]1O.C=P(C)(C)CC[C@H]1OC(n2cnc3c(OC)nc(C)nc32)[C@H](O)[C@@H]1O.C=P(C)(C)CC[C@H]1OC(n2cnc3c(OCC)nc(C)nc32)[C@H](O)[C@@H]1O. The van der Waals surface area contributed by atoms with Crippen LogP contribution in [-0.2, 0) is 23.7 Å². The molecule has 0 radical (unpaired) electrons. The van der Waals surface area contributed by atoms with Crippen molar-refractivity contribution in [1.29, 1.82) is 0 Å². The number of aliphatic hydroxyl groups is 10. The van der Waals surface area contributed by atoms with Gasteiger partial charge in [0.1, 0.15) is 72.7 Å². The van der Waals surface area contributed by atoms with Crippen LogP contribution in [0.4, 0.5) is 17.8 Å². The summed E-state index contributed by atoms with van der Waals surface area (Å²) >= 11 is 0. The van der Waals surface area contributed by atoms with Crippen molar-refractivity contribution < 1.29 is 84.2 Å². The van der Waals surface area contributed by atoms with Gasteiger partial charge in [0, 0.05) is 19.6 Å². The molecule has 10 aromatic heterocycles. The Kier molecular flexibility index (Phi) is 34.9. The molecule has 132 heavy (non-hydrogen) atoms. The molecule has 5 fully saturated rings. The summed E-state index contributed by atoms with van der Waals surface area (Å²) in [6.45, 7) is 28.8. The molecule has 0 spiro atoms. The lowest BCUT2D eigenvalue weighted by molar-refractivity contribution is -0.0353. The van der Waals surface area contributed by atoms with E-state index in [1.54, 1.807) is 29.3 Å². The van der Waals surface area contributed by atoms with Crippen LogP contribution in [0.15, 0.2) is 46.0 Å². The largest absolute Gasteiger partial charge is 0.479 e. The molecule has 48 heteroatoms. The number of rotatable bonds is 32. The maximum absolute atomic E-state index is 12.3. The Morgan fingerprint density at radius 3 is 0.879 bits per heavy atom. The maximum atomic E-state index is 12.3. The van der Waals surface area contributed by atoms with Crippen molar-refractivity contribution in [3.05, 3.63) is 74.3 Å². The fourth-order valence-corrected chi connectivity index (χ4v) is 20.3. The minimum Gasteiger partial charge on any atom is -0.479 e. The monoisotopic (exact) mass is 1940 g/mol. The molecule has 43 nitrogen and oxygen atoms in total. The number of hydrogen-bond acceptors (Lipinski definition) is 35. The van der Waals surface area contributed by atoms with Crippen molar-refractivity contribution >= 4 is 140 Å². The number of fused-ring (bicyclic) bond motifs is 5. The fourth-order valence-electron chi connectivity index (χ4n) is 15.5. The fraction of sp³-hybridized carbons (Fsp3) is 0.643. The number of aliphatic hydroxyl groups excluding tert-OH is 10. The Hall–Kier alpha value is -7.95. The van der Waals surface area contributed by atoms with Crippen LogP contribution in [0.2, 0.25) is 0 Å². The Balaban J connectivity index is 0.000000159. The van der Waals surface area contributed by atoms with Crippen molar-refractivity contribution in [3.8, 4) is 11.8 Å². The third-order valence-electron chi connectivity index (χ3n) is 22.6. The molecule has 5 aliphatic heterocycles. The summed E-state index contributed by atoms with van der Waals surface area (Å²) in [7, 11) is 1.52. The highest BCUT2D eigenvalue weighted by Gasteiger charge is 2.50. The minimum absolute atomic E-state index is 0.158. The highest BCUT2D eigenvalue weighted by Crippen LogP contribution is 2.46. The Labute approximate surface area is 766 Å². The van der Waals surface area contributed by atoms with E-state index in [0.717, 1.165) is 50.1 Å². The van der Waals surface area contributed by atoms with Crippen LogP contribution in [0.1, 0.15) is 122 Å². The molecule has 0 saturated carbocycles. The first-order valence-electron chi connectivity index (χ1n) is 44.2. The molecule has 5 unspecified atom stereocenters. The molecule has 5 saturated heterocycles. The molecule has 16 N–H and O–H groups in total. The standard InChI is InChI=1S/C18H30N5O4P.C17H28N5O4P.C17H27N4O4P.C16H26N5O4P.C16H25N4O4P/c1-5-6-8-19-18-21-15-12(16(26)22-18)20-10-23(15)17-14(25)13(24)11(27-17)7-9-28(2,3)4;1-5-7-18-17-20-14-11(15(25)21-17)19-9-22(14)16-13(24)12(23)10(26-16)6-8-27(2,3)4;1-6-24-16-12-15(19-10(2)20-16)21(9-18-12)17-14(23)13(22)11(25-17)7-8-26(3,4)5;1-5-17-16-19-13-10(14(24)20-16)18-8-21(13)15-12(23)11(22)9(25-15)6-7-26(2,3)4;1-9-18-14-11(15(19-9)23-2)17-8-20(14)16-13(22)12(21)10(24-16)6-7-25(3,4)5/h10-11,13-14,17,24-25H,2,5-9H2,1,3-4H3,(H2,19,21,22,26);9-10,12-13,16,23-24H,2,5-8H2,1,3-4H3,(H2,18,20,21,25);9,11,13-14,17,22-23H,3,6-8H2,1-2,4-5H3;8-9,11-12,15,22-23H,2,5-7H2,1,3-4H3,(H2,17,19,20,24);8,10,12-13,16,21-22H,3,6-7H2,1-2,4-5H3/t11-,13-,14-,17?;10-,12-,13-,16?;11-,13-,14-,17?;9-,11-,12-,15?;10-,12-,13-,16?/m11111/s1. The van der Waals surface area contributed by atoms with Crippen LogP contribution in [0, 0.1) is 13.8 Å². The minimum atomic E-state index is -1.27. The molecular formula is C84H136N23O20P5. The summed E-state index contributed by atoms with van der Waals surface area (Å²) in [4.78, 5) is 96.1. The number of ether oxygens (including phenoxy) is 7. The van der Waals surface area contributed by atoms with Crippen LogP contribution in [0.25, 0.3) is 55.8 Å². The molecule has 0 aliphatic carbocycles. The number of anilines is 3. The summed E-state index contributed by atoms with van der Waals surface area (Å²) in [5, 5.41) is 114. The lowest BCUT2D eigenvalue weighted by atomic mass is 10.1. The second kappa shape index (κ2) is 44.0. The quantitative estimate of drug-likeness (QED) is 0.0208. The second-order valence-corrected chi connectivity index (χ2v) is 59.0. The molecule has 5 aliphatic rings. The van der Waals surface area contributed by atoms with E-state index in [0.29, 0.717) is 139 Å². The number of H-pyrrole nitrogens is 3. The molecule has 0 amide bonds. The van der Waals surface area contributed by atoms with Crippen molar-refractivity contribution in [2.45, 2.75) is 216 Å². The van der Waals surface area contributed by atoms with Gasteiger partial charge in [-0.15, -0.1) is 65.9 Å². The third kappa shape index (κ3) is 25.7. The zero-order valence-corrected chi connectivity index (χ0v) is 82.9.